The van der Waals surface area contributed by atoms with Crippen molar-refractivity contribution in [2.75, 3.05) is 11.9 Å². The number of pyridine rings is 1. The predicted molar refractivity (Wildman–Crippen MR) is 82.6 cm³/mol. The van der Waals surface area contributed by atoms with Crippen molar-refractivity contribution < 1.29 is 0 Å². The van der Waals surface area contributed by atoms with Crippen molar-refractivity contribution in [1.29, 1.82) is 0 Å². The molecule has 2 aromatic heterocycles. The third-order valence-electron chi connectivity index (χ3n) is 4.38. The van der Waals surface area contributed by atoms with Gasteiger partial charge in [0.15, 0.2) is 0 Å². The third-order valence-corrected chi connectivity index (χ3v) is 4.38. The van der Waals surface area contributed by atoms with Gasteiger partial charge in [-0.25, -0.2) is 9.97 Å². The van der Waals surface area contributed by atoms with Gasteiger partial charge in [-0.1, -0.05) is 6.07 Å². The van der Waals surface area contributed by atoms with E-state index in [2.05, 4.69) is 34.3 Å². The van der Waals surface area contributed by atoms with Gasteiger partial charge in [-0.05, 0) is 44.2 Å². The number of aryl methyl sites for hydroxylation is 1. The van der Waals surface area contributed by atoms with Crippen LogP contribution in [0, 0.1) is 0 Å². The van der Waals surface area contributed by atoms with Crippen molar-refractivity contribution in [3.05, 3.63) is 47.2 Å². The molecule has 4 nitrogen and oxygen atoms in total. The van der Waals surface area contributed by atoms with E-state index in [4.69, 9.17) is 4.98 Å². The Labute approximate surface area is 125 Å². The molecule has 1 atom stereocenters. The molecule has 0 aliphatic heterocycles. The molecule has 2 aliphatic carbocycles. The minimum absolute atomic E-state index is 0.333. The summed E-state index contributed by atoms with van der Waals surface area (Å²) in [5, 5.41) is 3.35. The molecule has 4 heteroatoms. The van der Waals surface area contributed by atoms with Crippen LogP contribution in [0.25, 0.3) is 0 Å². The molecule has 0 amide bonds. The molecule has 108 valence electrons. The monoisotopic (exact) mass is 280 g/mol. The van der Waals surface area contributed by atoms with Gasteiger partial charge in [-0.3, -0.25) is 4.98 Å². The van der Waals surface area contributed by atoms with Crippen LogP contribution in [0.2, 0.25) is 0 Å². The fourth-order valence-corrected chi connectivity index (χ4v) is 3.16. The Kier molecular flexibility index (Phi) is 3.09. The number of hydrogen-bond acceptors (Lipinski definition) is 4. The SMILES string of the molecule is CCNc1cc(C2CCc3cccnc32)nc(C2CC2)n1. The molecule has 4 rings (SSSR count). The Morgan fingerprint density at radius 2 is 2.14 bits per heavy atom. The summed E-state index contributed by atoms with van der Waals surface area (Å²) in [6.07, 6.45) is 6.57. The summed E-state index contributed by atoms with van der Waals surface area (Å²) in [7, 11) is 0. The molecule has 0 aromatic carbocycles. The molecular formula is C17H20N4. The average molecular weight is 280 g/mol. The average Bonchev–Trinajstić information content (AvgIpc) is 3.27. The highest BCUT2D eigenvalue weighted by molar-refractivity contribution is 5.42. The number of nitrogens with zero attached hydrogens (tertiary/aromatic N) is 3. The number of hydrogen-bond donors (Lipinski definition) is 1. The minimum Gasteiger partial charge on any atom is -0.370 e. The standard InChI is InChI=1S/C17H20N4/c1-2-18-15-10-14(20-17(21-15)12-5-6-12)13-8-7-11-4-3-9-19-16(11)13/h3-4,9-10,12-13H,2,5-8H2,1H3,(H,18,20,21). The molecule has 2 aromatic rings. The van der Waals surface area contributed by atoms with Crippen LogP contribution in [0.3, 0.4) is 0 Å². The van der Waals surface area contributed by atoms with Gasteiger partial charge in [-0.15, -0.1) is 0 Å². The summed E-state index contributed by atoms with van der Waals surface area (Å²) in [6, 6.07) is 6.33. The largest absolute Gasteiger partial charge is 0.370 e. The number of aromatic nitrogens is 3. The number of nitrogens with one attached hydrogen (secondary N) is 1. The first-order chi connectivity index (χ1) is 10.3. The van der Waals surface area contributed by atoms with Gasteiger partial charge in [0, 0.05) is 30.6 Å². The summed E-state index contributed by atoms with van der Waals surface area (Å²) in [4.78, 5) is 14.1. The molecule has 1 fully saturated rings. The quantitative estimate of drug-likeness (QED) is 0.934. The van der Waals surface area contributed by atoms with E-state index in [1.54, 1.807) is 0 Å². The Hall–Kier alpha value is -1.97. The summed E-state index contributed by atoms with van der Waals surface area (Å²) >= 11 is 0. The Bertz CT molecular complexity index is 664. The zero-order valence-corrected chi connectivity index (χ0v) is 12.3. The molecule has 1 saturated carbocycles. The van der Waals surface area contributed by atoms with Crippen LogP contribution in [0.4, 0.5) is 5.82 Å². The first-order valence-corrected chi connectivity index (χ1v) is 7.91. The number of anilines is 1. The Balaban J connectivity index is 1.74. The highest BCUT2D eigenvalue weighted by Crippen LogP contribution is 2.41. The van der Waals surface area contributed by atoms with Crippen molar-refractivity contribution in [3.8, 4) is 0 Å². The second kappa shape index (κ2) is 5.10. The van der Waals surface area contributed by atoms with Crippen LogP contribution >= 0.6 is 0 Å². The van der Waals surface area contributed by atoms with Gasteiger partial charge in [0.1, 0.15) is 11.6 Å². The van der Waals surface area contributed by atoms with Gasteiger partial charge in [-0.2, -0.15) is 0 Å². The van der Waals surface area contributed by atoms with Crippen molar-refractivity contribution in [3.63, 3.8) is 0 Å². The van der Waals surface area contributed by atoms with E-state index < -0.39 is 0 Å². The van der Waals surface area contributed by atoms with Crippen molar-refractivity contribution in [2.45, 2.75) is 44.4 Å². The lowest BCUT2D eigenvalue weighted by atomic mass is 10.0. The zero-order valence-electron chi connectivity index (χ0n) is 12.3. The fraction of sp³-hybridized carbons (Fsp3) is 0.471. The van der Waals surface area contributed by atoms with E-state index in [-0.39, 0.29) is 0 Å². The van der Waals surface area contributed by atoms with Gasteiger partial charge < -0.3 is 5.32 Å². The van der Waals surface area contributed by atoms with Gasteiger partial charge in [0.05, 0.1) is 11.4 Å². The molecule has 0 bridgehead atoms. The smallest absolute Gasteiger partial charge is 0.134 e. The predicted octanol–water partition coefficient (Wildman–Crippen LogP) is 3.26. The van der Waals surface area contributed by atoms with E-state index in [9.17, 15) is 0 Å². The first kappa shape index (κ1) is 12.7. The van der Waals surface area contributed by atoms with E-state index in [1.807, 2.05) is 12.3 Å². The summed E-state index contributed by atoms with van der Waals surface area (Å²) in [6.45, 7) is 2.99. The summed E-state index contributed by atoms with van der Waals surface area (Å²) in [5.74, 6) is 2.90. The number of rotatable bonds is 4. The highest BCUT2D eigenvalue weighted by atomic mass is 15.0. The molecule has 0 radical (unpaired) electrons. The molecule has 21 heavy (non-hydrogen) atoms. The lowest BCUT2D eigenvalue weighted by Crippen LogP contribution is -2.09. The Morgan fingerprint density at radius 3 is 2.95 bits per heavy atom. The van der Waals surface area contributed by atoms with Crippen molar-refractivity contribution >= 4 is 5.82 Å². The van der Waals surface area contributed by atoms with Crippen LogP contribution < -0.4 is 5.32 Å². The maximum atomic E-state index is 4.87. The van der Waals surface area contributed by atoms with Gasteiger partial charge in [0.2, 0.25) is 0 Å². The fourth-order valence-electron chi connectivity index (χ4n) is 3.16. The molecular weight excluding hydrogens is 260 g/mol. The minimum atomic E-state index is 0.333. The van der Waals surface area contributed by atoms with Crippen molar-refractivity contribution in [2.24, 2.45) is 0 Å². The van der Waals surface area contributed by atoms with Gasteiger partial charge >= 0.3 is 0 Å². The second-order valence-corrected chi connectivity index (χ2v) is 5.98. The molecule has 0 saturated heterocycles. The number of fused-ring (bicyclic) bond motifs is 1. The van der Waals surface area contributed by atoms with Crippen LogP contribution in [-0.2, 0) is 6.42 Å². The topological polar surface area (TPSA) is 50.7 Å². The molecule has 2 heterocycles. The highest BCUT2D eigenvalue weighted by Gasteiger charge is 2.31. The maximum Gasteiger partial charge on any atom is 0.134 e. The lowest BCUT2D eigenvalue weighted by molar-refractivity contribution is 0.728. The van der Waals surface area contributed by atoms with Crippen LogP contribution in [0.5, 0.6) is 0 Å². The van der Waals surface area contributed by atoms with E-state index in [0.717, 1.165) is 36.7 Å². The van der Waals surface area contributed by atoms with Gasteiger partial charge in [0.25, 0.3) is 0 Å². The molecule has 0 spiro atoms. The van der Waals surface area contributed by atoms with Crippen LogP contribution in [-0.4, -0.2) is 21.5 Å². The second-order valence-electron chi connectivity index (χ2n) is 5.98. The third kappa shape index (κ3) is 2.39. The van der Waals surface area contributed by atoms with E-state index in [0.29, 0.717) is 11.8 Å². The van der Waals surface area contributed by atoms with Crippen molar-refractivity contribution in [1.82, 2.24) is 15.0 Å². The lowest BCUT2D eigenvalue weighted by Gasteiger charge is -2.13. The van der Waals surface area contributed by atoms with Crippen LogP contribution in [0.15, 0.2) is 24.4 Å². The van der Waals surface area contributed by atoms with E-state index >= 15 is 0 Å². The molecule has 1 unspecified atom stereocenters. The zero-order chi connectivity index (χ0) is 14.2. The Morgan fingerprint density at radius 1 is 1.24 bits per heavy atom. The summed E-state index contributed by atoms with van der Waals surface area (Å²) < 4.78 is 0. The molecule has 2 aliphatic rings. The maximum absolute atomic E-state index is 4.87. The normalized spacial score (nSPS) is 20.3. The van der Waals surface area contributed by atoms with Crippen LogP contribution in [0.1, 0.15) is 60.8 Å². The first-order valence-electron chi connectivity index (χ1n) is 7.91. The summed E-state index contributed by atoms with van der Waals surface area (Å²) in [5.41, 5.74) is 3.72. The van der Waals surface area contributed by atoms with E-state index in [1.165, 1.54) is 24.1 Å². The molecule has 1 N–H and O–H groups in total.